The van der Waals surface area contributed by atoms with Gasteiger partial charge < -0.3 is 25.6 Å². The molecule has 0 saturated carbocycles. The SMILES string of the molecule is CC(CCn1c(=O)c(-c2cccc(Cl)c2Cl)cn(CC(=O)N2CCC(N3CCc4ccccc4NC3=O)CC2)c1=O)C(C)(C)OC(N)=O. The largest absolute Gasteiger partial charge is 0.443 e. The molecule has 5 rings (SSSR count). The Labute approximate surface area is 288 Å². The van der Waals surface area contributed by atoms with E-state index in [1.54, 1.807) is 36.9 Å². The van der Waals surface area contributed by atoms with Crippen LogP contribution in [0.15, 0.2) is 58.3 Å². The van der Waals surface area contributed by atoms with Crippen LogP contribution in [0.25, 0.3) is 11.1 Å². The number of ether oxygens (including phenoxy) is 1. The van der Waals surface area contributed by atoms with Crippen molar-refractivity contribution in [3.05, 3.63) is 85.1 Å². The van der Waals surface area contributed by atoms with Gasteiger partial charge in [-0.2, -0.15) is 0 Å². The van der Waals surface area contributed by atoms with Gasteiger partial charge in [0.15, 0.2) is 0 Å². The molecule has 0 spiro atoms. The summed E-state index contributed by atoms with van der Waals surface area (Å²) in [5.41, 5.74) is 5.37. The van der Waals surface area contributed by atoms with E-state index in [-0.39, 0.29) is 52.6 Å². The van der Waals surface area contributed by atoms with Crippen molar-refractivity contribution < 1.29 is 19.1 Å². The summed E-state index contributed by atoms with van der Waals surface area (Å²) in [6, 6.07) is 12.4. The van der Waals surface area contributed by atoms with Crippen molar-refractivity contribution in [3.63, 3.8) is 0 Å². The zero-order valence-corrected chi connectivity index (χ0v) is 28.7. The molecule has 48 heavy (non-hydrogen) atoms. The molecule has 3 heterocycles. The number of hydrogen-bond acceptors (Lipinski definition) is 6. The summed E-state index contributed by atoms with van der Waals surface area (Å²) >= 11 is 12.8. The zero-order chi connectivity index (χ0) is 34.7. The Balaban J connectivity index is 1.35. The van der Waals surface area contributed by atoms with Crippen molar-refractivity contribution in [1.29, 1.82) is 0 Å². The van der Waals surface area contributed by atoms with E-state index in [9.17, 15) is 24.0 Å². The van der Waals surface area contributed by atoms with Crippen molar-refractivity contribution in [1.82, 2.24) is 18.9 Å². The molecule has 256 valence electrons. The molecule has 2 aromatic carbocycles. The van der Waals surface area contributed by atoms with Gasteiger partial charge in [-0.25, -0.2) is 14.4 Å². The number of halogens is 2. The van der Waals surface area contributed by atoms with Crippen LogP contribution in [0, 0.1) is 5.92 Å². The maximum absolute atomic E-state index is 13.8. The third-order valence-corrected chi connectivity index (χ3v) is 10.3. The fraction of sp³-hybridized carbons (Fsp3) is 0.441. The van der Waals surface area contributed by atoms with Gasteiger partial charge in [-0.3, -0.25) is 18.7 Å². The molecule has 1 fully saturated rings. The Hall–Kier alpha value is -4.29. The molecule has 0 bridgehead atoms. The fourth-order valence-electron chi connectivity index (χ4n) is 6.30. The molecule has 3 N–H and O–H groups in total. The summed E-state index contributed by atoms with van der Waals surface area (Å²) in [7, 11) is 0. The number of rotatable bonds is 9. The summed E-state index contributed by atoms with van der Waals surface area (Å²) in [4.78, 5) is 69.1. The highest BCUT2D eigenvalue weighted by atomic mass is 35.5. The number of carbonyl (C=O) groups excluding carboxylic acids is 3. The number of aromatic nitrogens is 2. The quantitative estimate of drug-likeness (QED) is 0.323. The van der Waals surface area contributed by atoms with Gasteiger partial charge in [-0.15, -0.1) is 0 Å². The third kappa shape index (κ3) is 7.55. The van der Waals surface area contributed by atoms with Crippen LogP contribution in [-0.2, 0) is 29.0 Å². The van der Waals surface area contributed by atoms with E-state index in [0.29, 0.717) is 44.5 Å². The molecule has 12 nitrogen and oxygen atoms in total. The van der Waals surface area contributed by atoms with Gasteiger partial charge in [0, 0.05) is 49.7 Å². The van der Waals surface area contributed by atoms with E-state index in [1.807, 2.05) is 36.1 Å². The molecule has 3 aromatic rings. The predicted molar refractivity (Wildman–Crippen MR) is 184 cm³/mol. The lowest BCUT2D eigenvalue weighted by molar-refractivity contribution is -0.133. The second kappa shape index (κ2) is 14.4. The van der Waals surface area contributed by atoms with Crippen LogP contribution in [-0.4, -0.2) is 68.2 Å². The lowest BCUT2D eigenvalue weighted by Crippen LogP contribution is -2.51. The summed E-state index contributed by atoms with van der Waals surface area (Å²) in [5, 5.41) is 3.39. The molecule has 0 aliphatic carbocycles. The van der Waals surface area contributed by atoms with E-state index in [4.69, 9.17) is 33.7 Å². The van der Waals surface area contributed by atoms with Gasteiger partial charge in [0.1, 0.15) is 12.1 Å². The molecule has 1 unspecified atom stereocenters. The number of anilines is 1. The fourth-order valence-corrected chi connectivity index (χ4v) is 6.70. The topological polar surface area (TPSA) is 149 Å². The molecule has 2 aliphatic heterocycles. The first-order valence-electron chi connectivity index (χ1n) is 16.0. The van der Waals surface area contributed by atoms with Crippen molar-refractivity contribution >= 4 is 46.9 Å². The summed E-state index contributed by atoms with van der Waals surface area (Å²) in [6.45, 7) is 6.31. The predicted octanol–water partition coefficient (Wildman–Crippen LogP) is 4.97. The number of urea groups is 1. The maximum atomic E-state index is 13.8. The molecule has 1 aromatic heterocycles. The highest BCUT2D eigenvalue weighted by Gasteiger charge is 2.32. The van der Waals surface area contributed by atoms with Gasteiger partial charge in [0.25, 0.3) is 5.56 Å². The summed E-state index contributed by atoms with van der Waals surface area (Å²) < 4.78 is 7.54. The molecular weight excluding hydrogens is 659 g/mol. The zero-order valence-electron chi connectivity index (χ0n) is 27.2. The second-order valence-electron chi connectivity index (χ2n) is 12.9. The van der Waals surface area contributed by atoms with Crippen LogP contribution in [0.5, 0.6) is 0 Å². The average molecular weight is 700 g/mol. The van der Waals surface area contributed by atoms with E-state index < -0.39 is 22.9 Å². The van der Waals surface area contributed by atoms with Crippen LogP contribution in [0.1, 0.15) is 45.6 Å². The molecule has 4 amide bonds. The van der Waals surface area contributed by atoms with Gasteiger partial charge in [0.05, 0.1) is 15.6 Å². The van der Waals surface area contributed by atoms with Crippen LogP contribution < -0.4 is 22.3 Å². The van der Waals surface area contributed by atoms with E-state index >= 15 is 0 Å². The number of nitrogens with one attached hydrogen (secondary N) is 1. The van der Waals surface area contributed by atoms with E-state index in [1.165, 1.54) is 10.8 Å². The van der Waals surface area contributed by atoms with Crippen molar-refractivity contribution in [2.45, 2.75) is 71.2 Å². The second-order valence-corrected chi connectivity index (χ2v) is 13.7. The number of likely N-dealkylation sites (tertiary alicyclic amines) is 1. The number of nitrogens with zero attached hydrogens (tertiary/aromatic N) is 4. The van der Waals surface area contributed by atoms with Gasteiger partial charge in [-0.05, 0) is 63.1 Å². The standard InChI is InChI=1S/C34H40Cl2N6O6/c1-21(34(2,3)48-31(37)45)11-17-42-30(44)25(24-8-6-9-26(35)29(24)36)19-40(33(42)47)20-28(43)39-15-13-23(14-16-39)41-18-12-22-7-4-5-10-27(22)38-32(41)46/h4-10,19,21,23H,11-18,20H2,1-3H3,(H2,37,45)(H,38,46). The number of nitrogens with two attached hydrogens (primary N) is 1. The molecule has 1 saturated heterocycles. The van der Waals surface area contributed by atoms with Gasteiger partial charge in [-0.1, -0.05) is 60.5 Å². The number of benzene rings is 2. The smallest absolute Gasteiger partial charge is 0.405 e. The average Bonchev–Trinajstić information content (AvgIpc) is 3.21. The van der Waals surface area contributed by atoms with E-state index in [2.05, 4.69) is 5.32 Å². The Bertz CT molecular complexity index is 1830. The third-order valence-electron chi connectivity index (χ3n) is 9.52. The van der Waals surface area contributed by atoms with Gasteiger partial charge in [0.2, 0.25) is 5.91 Å². The number of carbonyl (C=O) groups is 3. The lowest BCUT2D eigenvalue weighted by Gasteiger charge is -2.38. The first kappa shape index (κ1) is 35.0. The minimum atomic E-state index is -0.956. The number of para-hydroxylation sites is 1. The number of fused-ring (bicyclic) bond motifs is 1. The minimum Gasteiger partial charge on any atom is -0.443 e. The summed E-state index contributed by atoms with van der Waals surface area (Å²) in [5.74, 6) is -0.576. The van der Waals surface area contributed by atoms with Crippen molar-refractivity contribution in [2.75, 3.05) is 25.0 Å². The molecule has 14 heteroatoms. The van der Waals surface area contributed by atoms with Crippen LogP contribution >= 0.6 is 23.2 Å². The number of amides is 4. The highest BCUT2D eigenvalue weighted by molar-refractivity contribution is 6.43. The lowest BCUT2D eigenvalue weighted by atomic mass is 9.89. The Morgan fingerprint density at radius 2 is 1.73 bits per heavy atom. The maximum Gasteiger partial charge on any atom is 0.405 e. The summed E-state index contributed by atoms with van der Waals surface area (Å²) in [6.07, 6.45) is 2.64. The minimum absolute atomic E-state index is 0.0161. The number of primary amides is 1. The normalized spacial score (nSPS) is 16.1. The first-order chi connectivity index (χ1) is 22.8. The first-order valence-corrected chi connectivity index (χ1v) is 16.7. The van der Waals surface area contributed by atoms with Crippen LogP contribution in [0.2, 0.25) is 10.0 Å². The Kier molecular flexibility index (Phi) is 10.5. The molecular formula is C34H40Cl2N6O6. The van der Waals surface area contributed by atoms with Gasteiger partial charge >= 0.3 is 17.8 Å². The monoisotopic (exact) mass is 698 g/mol. The Morgan fingerprint density at radius 1 is 1.02 bits per heavy atom. The van der Waals surface area contributed by atoms with Crippen LogP contribution in [0.3, 0.4) is 0 Å². The van der Waals surface area contributed by atoms with Crippen LogP contribution in [0.4, 0.5) is 15.3 Å². The number of hydrogen-bond donors (Lipinski definition) is 2. The Morgan fingerprint density at radius 3 is 2.44 bits per heavy atom. The number of piperidine rings is 1. The molecule has 0 radical (unpaired) electrons. The van der Waals surface area contributed by atoms with E-state index in [0.717, 1.165) is 22.2 Å². The molecule has 1 atom stereocenters. The van der Waals surface area contributed by atoms with Crippen molar-refractivity contribution in [2.24, 2.45) is 11.7 Å². The van der Waals surface area contributed by atoms with Crippen molar-refractivity contribution in [3.8, 4) is 11.1 Å². The highest BCUT2D eigenvalue weighted by Crippen LogP contribution is 2.32. The molecule has 2 aliphatic rings.